The molecule has 0 saturated carbocycles. The van der Waals surface area contributed by atoms with Gasteiger partial charge in [-0.2, -0.15) is 0 Å². The molecule has 21 heavy (non-hydrogen) atoms. The van der Waals surface area contributed by atoms with E-state index >= 15 is 0 Å². The van der Waals surface area contributed by atoms with Gasteiger partial charge in [0.2, 0.25) is 0 Å². The van der Waals surface area contributed by atoms with E-state index in [1.807, 2.05) is 12.1 Å². The molecule has 0 aromatic carbocycles. The number of aromatic nitrogens is 3. The number of esters is 1. The molecule has 0 saturated heterocycles. The Morgan fingerprint density at radius 2 is 2.24 bits per heavy atom. The fraction of sp³-hybridized carbons (Fsp3) is 0.231. The molecule has 0 amide bonds. The summed E-state index contributed by atoms with van der Waals surface area (Å²) < 4.78 is 4.86. The Bertz CT molecular complexity index is 654. The van der Waals surface area contributed by atoms with Gasteiger partial charge in [-0.25, -0.2) is 19.7 Å². The van der Waals surface area contributed by atoms with E-state index in [-0.39, 0.29) is 18.0 Å². The molecule has 2 aromatic rings. The maximum absolute atomic E-state index is 11.6. The molecule has 0 spiro atoms. The number of nitrogens with zero attached hydrogens (tertiary/aromatic N) is 3. The summed E-state index contributed by atoms with van der Waals surface area (Å²) in [5.41, 5.74) is 6.72. The molecule has 2 N–H and O–H groups in total. The normalized spacial score (nSPS) is 10.4. The lowest BCUT2D eigenvalue weighted by atomic mass is 10.3. The minimum Gasteiger partial charge on any atom is -0.462 e. The second-order valence-corrected chi connectivity index (χ2v) is 5.24. The standard InChI is InChI=1S/C13H13ClN4O2S/c1-2-20-12(19)9-6-16-13(18-11(9)15)21-7-8-4-3-5-10(14)17-8/h3-6H,2,7H2,1H3,(H2,15,16,18). The molecular formula is C13H13ClN4O2S. The zero-order chi connectivity index (χ0) is 15.2. The number of ether oxygens (including phenoxy) is 1. The summed E-state index contributed by atoms with van der Waals surface area (Å²) in [5.74, 6) is 0.131. The Balaban J connectivity index is 2.05. The van der Waals surface area contributed by atoms with Gasteiger partial charge in [0.15, 0.2) is 5.16 Å². The molecule has 0 aliphatic carbocycles. The van der Waals surface area contributed by atoms with Crippen molar-refractivity contribution in [1.29, 1.82) is 0 Å². The van der Waals surface area contributed by atoms with Crippen LogP contribution in [0.25, 0.3) is 0 Å². The first-order valence-electron chi connectivity index (χ1n) is 6.14. The maximum atomic E-state index is 11.6. The Morgan fingerprint density at radius 3 is 2.90 bits per heavy atom. The lowest BCUT2D eigenvalue weighted by molar-refractivity contribution is 0.0526. The number of pyridine rings is 1. The van der Waals surface area contributed by atoms with Crippen molar-refractivity contribution in [3.05, 3.63) is 40.8 Å². The second-order valence-electron chi connectivity index (χ2n) is 3.91. The number of nitrogen functional groups attached to an aromatic ring is 1. The first-order valence-corrected chi connectivity index (χ1v) is 7.50. The molecule has 2 heterocycles. The van der Waals surface area contributed by atoms with Crippen LogP contribution in [0.5, 0.6) is 0 Å². The van der Waals surface area contributed by atoms with E-state index in [0.717, 1.165) is 5.69 Å². The zero-order valence-electron chi connectivity index (χ0n) is 11.2. The number of carbonyl (C=O) groups is 1. The smallest absolute Gasteiger partial charge is 0.343 e. The summed E-state index contributed by atoms with van der Waals surface area (Å²) in [6.45, 7) is 1.99. The average Bonchev–Trinajstić information content (AvgIpc) is 2.45. The van der Waals surface area contributed by atoms with Crippen molar-refractivity contribution in [3.63, 3.8) is 0 Å². The molecule has 0 aliphatic rings. The second kappa shape index (κ2) is 7.24. The summed E-state index contributed by atoms with van der Waals surface area (Å²) in [4.78, 5) is 23.9. The Morgan fingerprint density at radius 1 is 1.43 bits per heavy atom. The number of halogens is 1. The summed E-state index contributed by atoms with van der Waals surface area (Å²) in [5, 5.41) is 0.897. The van der Waals surface area contributed by atoms with Crippen LogP contribution >= 0.6 is 23.4 Å². The fourth-order valence-corrected chi connectivity index (χ4v) is 2.39. The number of thioether (sulfide) groups is 1. The number of hydrogen-bond acceptors (Lipinski definition) is 7. The largest absolute Gasteiger partial charge is 0.462 e. The van der Waals surface area contributed by atoms with Crippen LogP contribution in [0.15, 0.2) is 29.6 Å². The molecule has 6 nitrogen and oxygen atoms in total. The van der Waals surface area contributed by atoms with Gasteiger partial charge >= 0.3 is 5.97 Å². The van der Waals surface area contributed by atoms with Crippen LogP contribution in [0.4, 0.5) is 5.82 Å². The Kier molecular flexibility index (Phi) is 5.35. The van der Waals surface area contributed by atoms with Gasteiger partial charge < -0.3 is 10.5 Å². The van der Waals surface area contributed by atoms with Crippen LogP contribution < -0.4 is 5.73 Å². The summed E-state index contributed by atoms with van der Waals surface area (Å²) in [6.07, 6.45) is 1.37. The first-order chi connectivity index (χ1) is 10.1. The SMILES string of the molecule is CCOC(=O)c1cnc(SCc2cccc(Cl)n2)nc1N. The van der Waals surface area contributed by atoms with E-state index < -0.39 is 5.97 Å². The van der Waals surface area contributed by atoms with Crippen molar-refractivity contribution in [2.24, 2.45) is 0 Å². The summed E-state index contributed by atoms with van der Waals surface area (Å²) in [6, 6.07) is 5.39. The van der Waals surface area contributed by atoms with Crippen molar-refractivity contribution >= 4 is 35.1 Å². The quantitative estimate of drug-likeness (QED) is 0.391. The third-order valence-corrected chi connectivity index (χ3v) is 3.52. The predicted octanol–water partition coefficient (Wildman–Crippen LogP) is 2.58. The van der Waals surface area contributed by atoms with Gasteiger partial charge in [-0.3, -0.25) is 0 Å². The lowest BCUT2D eigenvalue weighted by Gasteiger charge is -2.06. The van der Waals surface area contributed by atoms with Crippen LogP contribution in [0.3, 0.4) is 0 Å². The molecule has 0 bridgehead atoms. The zero-order valence-corrected chi connectivity index (χ0v) is 12.8. The highest BCUT2D eigenvalue weighted by Crippen LogP contribution is 2.21. The maximum Gasteiger partial charge on any atom is 0.343 e. The van der Waals surface area contributed by atoms with E-state index in [2.05, 4.69) is 15.0 Å². The number of anilines is 1. The van der Waals surface area contributed by atoms with Crippen molar-refractivity contribution in [3.8, 4) is 0 Å². The minimum atomic E-state index is -0.525. The molecule has 0 atom stereocenters. The third-order valence-electron chi connectivity index (χ3n) is 2.41. The van der Waals surface area contributed by atoms with E-state index in [4.69, 9.17) is 22.1 Å². The molecule has 0 radical (unpaired) electrons. The van der Waals surface area contributed by atoms with Crippen molar-refractivity contribution in [2.45, 2.75) is 17.8 Å². The monoisotopic (exact) mass is 324 g/mol. The topological polar surface area (TPSA) is 91.0 Å². The Labute approximate surface area is 131 Å². The van der Waals surface area contributed by atoms with Crippen molar-refractivity contribution < 1.29 is 9.53 Å². The van der Waals surface area contributed by atoms with Crippen LogP contribution in [0.2, 0.25) is 5.15 Å². The Hall–Kier alpha value is -1.86. The third kappa shape index (κ3) is 4.30. The number of nitrogens with two attached hydrogens (primary N) is 1. The van der Waals surface area contributed by atoms with Gasteiger partial charge in [-0.1, -0.05) is 29.4 Å². The minimum absolute atomic E-state index is 0.102. The molecule has 110 valence electrons. The number of hydrogen-bond donors (Lipinski definition) is 1. The molecule has 2 aromatic heterocycles. The van der Waals surface area contributed by atoms with Crippen LogP contribution in [-0.2, 0) is 10.5 Å². The van der Waals surface area contributed by atoms with E-state index in [1.54, 1.807) is 13.0 Å². The highest BCUT2D eigenvalue weighted by atomic mass is 35.5. The molecule has 8 heteroatoms. The van der Waals surface area contributed by atoms with Crippen LogP contribution in [0.1, 0.15) is 23.0 Å². The highest BCUT2D eigenvalue weighted by molar-refractivity contribution is 7.98. The van der Waals surface area contributed by atoms with Gasteiger partial charge in [-0.15, -0.1) is 0 Å². The van der Waals surface area contributed by atoms with E-state index in [0.29, 0.717) is 16.1 Å². The summed E-state index contributed by atoms with van der Waals surface area (Å²) in [7, 11) is 0. The number of carbonyl (C=O) groups excluding carboxylic acids is 1. The highest BCUT2D eigenvalue weighted by Gasteiger charge is 2.13. The van der Waals surface area contributed by atoms with Crippen LogP contribution in [-0.4, -0.2) is 27.5 Å². The van der Waals surface area contributed by atoms with Gasteiger partial charge in [0.25, 0.3) is 0 Å². The van der Waals surface area contributed by atoms with Crippen molar-refractivity contribution in [1.82, 2.24) is 15.0 Å². The molecule has 2 rings (SSSR count). The first kappa shape index (κ1) is 15.5. The number of rotatable bonds is 5. The van der Waals surface area contributed by atoms with Crippen molar-refractivity contribution in [2.75, 3.05) is 12.3 Å². The fourth-order valence-electron chi connectivity index (χ4n) is 1.48. The van der Waals surface area contributed by atoms with E-state index in [9.17, 15) is 4.79 Å². The average molecular weight is 325 g/mol. The van der Waals surface area contributed by atoms with Crippen LogP contribution in [0, 0.1) is 0 Å². The molecule has 0 aliphatic heterocycles. The predicted molar refractivity (Wildman–Crippen MR) is 81.2 cm³/mol. The molecule has 0 fully saturated rings. The summed E-state index contributed by atoms with van der Waals surface area (Å²) >= 11 is 7.17. The molecule has 0 unspecified atom stereocenters. The van der Waals surface area contributed by atoms with Gasteiger partial charge in [0.05, 0.1) is 12.3 Å². The van der Waals surface area contributed by atoms with Gasteiger partial charge in [0.1, 0.15) is 16.5 Å². The van der Waals surface area contributed by atoms with E-state index in [1.165, 1.54) is 18.0 Å². The van der Waals surface area contributed by atoms with Gasteiger partial charge in [0, 0.05) is 11.9 Å². The van der Waals surface area contributed by atoms with Gasteiger partial charge in [-0.05, 0) is 19.1 Å². The molecular weight excluding hydrogens is 312 g/mol. The lowest BCUT2D eigenvalue weighted by Crippen LogP contribution is -2.10.